The number of imidazole rings is 1. The molecule has 1 aliphatic rings. The number of aryl methyl sites for hydroxylation is 1. The van der Waals surface area contributed by atoms with Crippen LogP contribution >= 0.6 is 0 Å². The van der Waals surface area contributed by atoms with Crippen molar-refractivity contribution in [3.05, 3.63) is 83.9 Å². The Kier molecular flexibility index (Phi) is 5.52. The number of amides is 1. The van der Waals surface area contributed by atoms with E-state index in [0.717, 1.165) is 33.7 Å². The van der Waals surface area contributed by atoms with Crippen molar-refractivity contribution in [2.75, 3.05) is 26.3 Å². The van der Waals surface area contributed by atoms with Crippen molar-refractivity contribution in [2.45, 2.75) is 0 Å². The van der Waals surface area contributed by atoms with Crippen LogP contribution in [0.2, 0.25) is 0 Å². The first-order valence-electron chi connectivity index (χ1n) is 10.7. The number of carbonyl (C=O) groups is 1. The van der Waals surface area contributed by atoms with Gasteiger partial charge in [-0.3, -0.25) is 4.79 Å². The molecule has 6 nitrogen and oxygen atoms in total. The first-order valence-corrected chi connectivity index (χ1v) is 10.7. The molecule has 32 heavy (non-hydrogen) atoms. The Morgan fingerprint density at radius 2 is 1.72 bits per heavy atom. The standard InChI is InChI=1S/C26H24N4O2/c1-29-18-24(19-7-3-2-4-8-19)28-25(29)12-11-20-17-22(21-9-5-6-10-23(21)27-20)26(31)30-13-15-32-16-14-30/h2-12,17-18H,13-16H2,1H3/b12-11+. The molecule has 2 aromatic heterocycles. The zero-order chi connectivity index (χ0) is 21.9. The number of nitrogens with zero attached hydrogens (tertiary/aromatic N) is 4. The lowest BCUT2D eigenvalue weighted by atomic mass is 10.1. The summed E-state index contributed by atoms with van der Waals surface area (Å²) in [5.74, 6) is 0.838. The summed E-state index contributed by atoms with van der Waals surface area (Å²) in [5, 5.41) is 0.865. The van der Waals surface area contributed by atoms with Crippen LogP contribution in [0.4, 0.5) is 0 Å². The molecule has 4 aromatic rings. The number of para-hydroxylation sites is 1. The Hall–Kier alpha value is -3.77. The van der Waals surface area contributed by atoms with Gasteiger partial charge in [0.2, 0.25) is 0 Å². The molecule has 0 atom stereocenters. The highest BCUT2D eigenvalue weighted by Crippen LogP contribution is 2.23. The van der Waals surface area contributed by atoms with Crippen molar-refractivity contribution in [3.8, 4) is 11.3 Å². The van der Waals surface area contributed by atoms with Crippen LogP contribution in [-0.4, -0.2) is 51.6 Å². The number of carbonyl (C=O) groups excluding carboxylic acids is 1. The highest BCUT2D eigenvalue weighted by Gasteiger charge is 2.21. The third-order valence-electron chi connectivity index (χ3n) is 5.65. The van der Waals surface area contributed by atoms with Gasteiger partial charge in [-0.05, 0) is 24.3 Å². The summed E-state index contributed by atoms with van der Waals surface area (Å²) in [7, 11) is 1.97. The molecule has 1 amide bonds. The van der Waals surface area contributed by atoms with Crippen LogP contribution in [-0.2, 0) is 11.8 Å². The Morgan fingerprint density at radius 1 is 0.969 bits per heavy atom. The van der Waals surface area contributed by atoms with Crippen LogP contribution in [0.5, 0.6) is 0 Å². The van der Waals surface area contributed by atoms with Crippen molar-refractivity contribution in [1.29, 1.82) is 0 Å². The quantitative estimate of drug-likeness (QED) is 0.491. The molecule has 0 bridgehead atoms. The normalized spacial score (nSPS) is 14.3. The van der Waals surface area contributed by atoms with Crippen LogP contribution < -0.4 is 0 Å². The first kappa shape index (κ1) is 20.2. The minimum Gasteiger partial charge on any atom is -0.378 e. The predicted octanol–water partition coefficient (Wildman–Crippen LogP) is 4.28. The van der Waals surface area contributed by atoms with E-state index in [9.17, 15) is 4.79 Å². The van der Waals surface area contributed by atoms with Crippen LogP contribution in [0, 0.1) is 0 Å². The third-order valence-corrected chi connectivity index (χ3v) is 5.65. The lowest BCUT2D eigenvalue weighted by Gasteiger charge is -2.27. The SMILES string of the molecule is Cn1cc(-c2ccccc2)nc1/C=C/c1cc(C(=O)N2CCOCC2)c2ccccc2n1. The number of morpholine rings is 1. The molecule has 0 N–H and O–H groups in total. The van der Waals surface area contributed by atoms with Gasteiger partial charge in [-0.2, -0.15) is 0 Å². The monoisotopic (exact) mass is 424 g/mol. The maximum absolute atomic E-state index is 13.3. The molecule has 160 valence electrons. The van der Waals surface area contributed by atoms with Gasteiger partial charge >= 0.3 is 0 Å². The van der Waals surface area contributed by atoms with Gasteiger partial charge in [0.05, 0.1) is 35.7 Å². The van der Waals surface area contributed by atoms with Gasteiger partial charge in [0.15, 0.2) is 0 Å². The van der Waals surface area contributed by atoms with E-state index in [0.29, 0.717) is 31.9 Å². The molecule has 0 radical (unpaired) electrons. The minimum atomic E-state index is 0.0184. The number of aromatic nitrogens is 3. The predicted molar refractivity (Wildman–Crippen MR) is 126 cm³/mol. The highest BCUT2D eigenvalue weighted by atomic mass is 16.5. The highest BCUT2D eigenvalue weighted by molar-refractivity contribution is 6.06. The number of fused-ring (bicyclic) bond motifs is 1. The van der Waals surface area contributed by atoms with Crippen LogP contribution in [0.1, 0.15) is 21.9 Å². The summed E-state index contributed by atoms with van der Waals surface area (Å²) in [5.41, 5.74) is 4.19. The fourth-order valence-corrected chi connectivity index (χ4v) is 3.94. The fraction of sp³-hybridized carbons (Fsp3) is 0.192. The van der Waals surface area contributed by atoms with E-state index in [4.69, 9.17) is 14.7 Å². The summed E-state index contributed by atoms with van der Waals surface area (Å²) in [4.78, 5) is 24.6. The Labute approximate surface area is 186 Å². The Morgan fingerprint density at radius 3 is 2.53 bits per heavy atom. The molecule has 0 saturated carbocycles. The fourth-order valence-electron chi connectivity index (χ4n) is 3.94. The maximum atomic E-state index is 13.3. The molecule has 0 aliphatic carbocycles. The molecular weight excluding hydrogens is 400 g/mol. The lowest BCUT2D eigenvalue weighted by molar-refractivity contribution is 0.0304. The molecule has 5 rings (SSSR count). The van der Waals surface area contributed by atoms with E-state index < -0.39 is 0 Å². The molecule has 0 spiro atoms. The van der Waals surface area contributed by atoms with Crippen LogP contribution in [0.25, 0.3) is 34.3 Å². The number of pyridine rings is 1. The maximum Gasteiger partial charge on any atom is 0.254 e. The molecule has 2 aromatic carbocycles. The molecule has 1 saturated heterocycles. The smallest absolute Gasteiger partial charge is 0.254 e. The zero-order valence-corrected chi connectivity index (χ0v) is 17.9. The molecule has 3 heterocycles. The molecule has 0 unspecified atom stereocenters. The average molecular weight is 425 g/mol. The molecule has 1 aliphatic heterocycles. The number of rotatable bonds is 4. The summed E-state index contributed by atoms with van der Waals surface area (Å²) < 4.78 is 7.39. The van der Waals surface area contributed by atoms with E-state index in [1.54, 1.807) is 0 Å². The average Bonchev–Trinajstić information content (AvgIpc) is 3.23. The summed E-state index contributed by atoms with van der Waals surface area (Å²) in [6.45, 7) is 2.36. The van der Waals surface area contributed by atoms with Gasteiger partial charge < -0.3 is 14.2 Å². The van der Waals surface area contributed by atoms with Crippen molar-refractivity contribution < 1.29 is 9.53 Å². The van der Waals surface area contributed by atoms with Crippen LogP contribution in [0.15, 0.2) is 66.9 Å². The molecule has 6 heteroatoms. The van der Waals surface area contributed by atoms with E-state index in [2.05, 4.69) is 0 Å². The van der Waals surface area contributed by atoms with Crippen molar-refractivity contribution in [3.63, 3.8) is 0 Å². The Balaban J connectivity index is 1.49. The largest absolute Gasteiger partial charge is 0.378 e. The van der Waals surface area contributed by atoms with Gasteiger partial charge in [0, 0.05) is 37.3 Å². The van der Waals surface area contributed by atoms with Gasteiger partial charge in [-0.1, -0.05) is 48.5 Å². The van der Waals surface area contributed by atoms with E-state index in [1.807, 2.05) is 95.5 Å². The zero-order valence-electron chi connectivity index (χ0n) is 17.9. The Bertz CT molecular complexity index is 1290. The second-order valence-electron chi connectivity index (χ2n) is 7.81. The summed E-state index contributed by atoms with van der Waals surface area (Å²) >= 11 is 0. The van der Waals surface area contributed by atoms with Crippen molar-refractivity contribution in [2.24, 2.45) is 7.05 Å². The van der Waals surface area contributed by atoms with Crippen LogP contribution in [0.3, 0.4) is 0 Å². The van der Waals surface area contributed by atoms with Gasteiger partial charge in [-0.25, -0.2) is 9.97 Å². The van der Waals surface area contributed by atoms with E-state index in [-0.39, 0.29) is 5.91 Å². The summed E-state index contributed by atoms with van der Waals surface area (Å²) in [6.07, 6.45) is 5.86. The third kappa shape index (κ3) is 4.05. The second-order valence-corrected chi connectivity index (χ2v) is 7.81. The lowest BCUT2D eigenvalue weighted by Crippen LogP contribution is -2.40. The molecular formula is C26H24N4O2. The second kappa shape index (κ2) is 8.77. The number of benzene rings is 2. The van der Waals surface area contributed by atoms with Gasteiger partial charge in [-0.15, -0.1) is 0 Å². The van der Waals surface area contributed by atoms with Gasteiger partial charge in [0.1, 0.15) is 5.82 Å². The van der Waals surface area contributed by atoms with Gasteiger partial charge in [0.25, 0.3) is 5.91 Å². The molecule has 1 fully saturated rings. The topological polar surface area (TPSA) is 60.2 Å². The number of hydrogen-bond acceptors (Lipinski definition) is 4. The van der Waals surface area contributed by atoms with E-state index in [1.165, 1.54) is 0 Å². The number of ether oxygens (including phenoxy) is 1. The number of hydrogen-bond donors (Lipinski definition) is 0. The first-order chi connectivity index (χ1) is 15.7. The van der Waals surface area contributed by atoms with Crippen molar-refractivity contribution >= 4 is 29.0 Å². The minimum absolute atomic E-state index is 0.0184. The summed E-state index contributed by atoms with van der Waals surface area (Å²) in [6, 6.07) is 19.7. The van der Waals surface area contributed by atoms with Crippen molar-refractivity contribution in [1.82, 2.24) is 19.4 Å². The van der Waals surface area contributed by atoms with E-state index >= 15 is 0 Å².